The van der Waals surface area contributed by atoms with Crippen LogP contribution in [-0.4, -0.2) is 41.0 Å². The van der Waals surface area contributed by atoms with Crippen molar-refractivity contribution >= 4 is 11.9 Å². The first-order valence-corrected chi connectivity index (χ1v) is 9.21. The number of pyridine rings is 1. The van der Waals surface area contributed by atoms with Crippen molar-refractivity contribution in [3.8, 4) is 5.75 Å². The number of fused-ring (bicyclic) bond motifs is 1. The van der Waals surface area contributed by atoms with E-state index in [0.29, 0.717) is 5.56 Å². The Hall–Kier alpha value is -3.43. The Labute approximate surface area is 171 Å². The second kappa shape index (κ2) is 8.52. The molecule has 1 aliphatic heterocycles. The predicted octanol–water partition coefficient (Wildman–Crippen LogP) is 1.99. The molecule has 2 heterocycles. The van der Waals surface area contributed by atoms with Crippen molar-refractivity contribution in [3.63, 3.8) is 0 Å². The van der Waals surface area contributed by atoms with Gasteiger partial charge in [-0.2, -0.15) is 0 Å². The summed E-state index contributed by atoms with van der Waals surface area (Å²) in [5.41, 5.74) is -0.128. The fraction of sp³-hybridized carbons (Fsp3) is 0.350. The predicted molar refractivity (Wildman–Crippen MR) is 102 cm³/mol. The maximum atomic E-state index is 13.7. The molecule has 0 atom stereocenters. The molecule has 0 saturated heterocycles. The first-order valence-electron chi connectivity index (χ1n) is 9.21. The summed E-state index contributed by atoms with van der Waals surface area (Å²) in [4.78, 5) is 37.9. The van der Waals surface area contributed by atoms with Crippen LogP contribution in [0.4, 0.5) is 8.78 Å². The Morgan fingerprint density at radius 2 is 1.90 bits per heavy atom. The highest BCUT2D eigenvalue weighted by Gasteiger charge is 2.34. The van der Waals surface area contributed by atoms with Gasteiger partial charge in [0.2, 0.25) is 18.0 Å². The van der Waals surface area contributed by atoms with Crippen LogP contribution in [0.3, 0.4) is 0 Å². The van der Waals surface area contributed by atoms with E-state index in [0.717, 1.165) is 12.1 Å². The molecular weight excluding hydrogens is 400 g/mol. The summed E-state index contributed by atoms with van der Waals surface area (Å²) in [5.74, 6) is -3.24. The standard InChI is InChI=1S/C20H21F2N3O5/c1-12(2)24-10-23(9-14-4-5-15(21)16(22)8-14)25-7-6-17(27)19(18(25)20(24)28)30-11-29-13(3)26/h4-8,12H,9-11H2,1-3H3. The van der Waals surface area contributed by atoms with Crippen LogP contribution in [0.15, 0.2) is 35.3 Å². The van der Waals surface area contributed by atoms with Crippen molar-refractivity contribution in [2.45, 2.75) is 33.4 Å². The highest BCUT2D eigenvalue weighted by atomic mass is 19.2. The molecule has 1 aromatic carbocycles. The minimum absolute atomic E-state index is 0.0443. The van der Waals surface area contributed by atoms with E-state index in [2.05, 4.69) is 0 Å². The summed E-state index contributed by atoms with van der Waals surface area (Å²) in [5, 5.41) is 1.68. The average Bonchev–Trinajstić information content (AvgIpc) is 2.67. The molecule has 2 aromatic rings. The molecular formula is C20H21F2N3O5. The summed E-state index contributed by atoms with van der Waals surface area (Å²) in [6.45, 7) is 4.56. The van der Waals surface area contributed by atoms with Crippen LogP contribution in [-0.2, 0) is 16.1 Å². The van der Waals surface area contributed by atoms with Crippen LogP contribution in [0.5, 0.6) is 5.75 Å². The third kappa shape index (κ3) is 4.27. The molecule has 0 saturated carbocycles. The molecule has 0 aliphatic carbocycles. The highest BCUT2D eigenvalue weighted by Crippen LogP contribution is 2.24. The second-order valence-corrected chi connectivity index (χ2v) is 7.02. The number of benzene rings is 1. The number of rotatable bonds is 6. The molecule has 1 aromatic heterocycles. The van der Waals surface area contributed by atoms with Crippen LogP contribution in [0.1, 0.15) is 36.8 Å². The van der Waals surface area contributed by atoms with E-state index in [9.17, 15) is 23.2 Å². The number of ether oxygens (including phenoxy) is 2. The first-order chi connectivity index (χ1) is 14.2. The van der Waals surface area contributed by atoms with E-state index in [1.807, 2.05) is 13.8 Å². The number of halogens is 2. The van der Waals surface area contributed by atoms with Gasteiger partial charge in [-0.25, -0.2) is 8.78 Å². The fourth-order valence-corrected chi connectivity index (χ4v) is 3.07. The molecule has 1 aliphatic rings. The van der Waals surface area contributed by atoms with Gasteiger partial charge in [-0.15, -0.1) is 0 Å². The number of aromatic nitrogens is 1. The van der Waals surface area contributed by atoms with Crippen LogP contribution in [0, 0.1) is 11.6 Å². The lowest BCUT2D eigenvalue weighted by molar-refractivity contribution is -0.147. The summed E-state index contributed by atoms with van der Waals surface area (Å²) in [6.07, 6.45) is 1.41. The summed E-state index contributed by atoms with van der Waals surface area (Å²) in [7, 11) is 0. The van der Waals surface area contributed by atoms with Gasteiger partial charge in [-0.05, 0) is 31.5 Å². The molecule has 8 nitrogen and oxygen atoms in total. The summed E-state index contributed by atoms with van der Waals surface area (Å²) >= 11 is 0. The Bertz CT molecular complexity index is 1040. The number of hydrogen-bond acceptors (Lipinski definition) is 6. The SMILES string of the molecule is CC(=O)OCOc1c2n(ccc1=O)N(Cc1ccc(F)c(F)c1)CN(C(C)C)C2=O. The Balaban J connectivity index is 2.03. The van der Waals surface area contributed by atoms with Crippen molar-refractivity contribution in [2.24, 2.45) is 0 Å². The van der Waals surface area contributed by atoms with Crippen molar-refractivity contribution in [1.29, 1.82) is 0 Å². The van der Waals surface area contributed by atoms with Crippen LogP contribution in [0.2, 0.25) is 0 Å². The largest absolute Gasteiger partial charge is 0.451 e. The molecule has 0 bridgehead atoms. The molecule has 10 heteroatoms. The molecule has 3 rings (SSSR count). The number of hydrogen-bond donors (Lipinski definition) is 0. The quantitative estimate of drug-likeness (QED) is 0.524. The van der Waals surface area contributed by atoms with Gasteiger partial charge >= 0.3 is 5.97 Å². The van der Waals surface area contributed by atoms with Gasteiger partial charge in [-0.3, -0.25) is 24.1 Å². The van der Waals surface area contributed by atoms with Crippen LogP contribution in [0.25, 0.3) is 0 Å². The lowest BCUT2D eigenvalue weighted by Crippen LogP contribution is -2.55. The van der Waals surface area contributed by atoms with Crippen molar-refractivity contribution in [3.05, 3.63) is 63.6 Å². The van der Waals surface area contributed by atoms with E-state index in [1.54, 1.807) is 5.01 Å². The molecule has 30 heavy (non-hydrogen) atoms. The normalized spacial score (nSPS) is 13.5. The Morgan fingerprint density at radius 3 is 2.53 bits per heavy atom. The second-order valence-electron chi connectivity index (χ2n) is 7.02. The maximum absolute atomic E-state index is 13.7. The number of carbonyl (C=O) groups is 2. The lowest BCUT2D eigenvalue weighted by atomic mass is 10.2. The van der Waals surface area contributed by atoms with E-state index >= 15 is 0 Å². The molecule has 0 spiro atoms. The lowest BCUT2D eigenvalue weighted by Gasteiger charge is -2.41. The Kier molecular flexibility index (Phi) is 6.04. The van der Waals surface area contributed by atoms with Crippen molar-refractivity contribution in [1.82, 2.24) is 9.58 Å². The molecule has 0 radical (unpaired) electrons. The first kappa shape index (κ1) is 21.3. The molecule has 1 amide bonds. The third-order valence-electron chi connectivity index (χ3n) is 4.56. The smallest absolute Gasteiger partial charge is 0.305 e. The van der Waals surface area contributed by atoms with Gasteiger partial charge in [0.25, 0.3) is 5.91 Å². The molecule has 0 N–H and O–H groups in total. The minimum atomic E-state index is -0.980. The summed E-state index contributed by atoms with van der Waals surface area (Å²) < 4.78 is 38.4. The third-order valence-corrected chi connectivity index (χ3v) is 4.56. The van der Waals surface area contributed by atoms with Gasteiger partial charge in [0, 0.05) is 25.2 Å². The molecule has 0 fully saturated rings. The summed E-state index contributed by atoms with van der Waals surface area (Å²) in [6, 6.07) is 4.54. The zero-order chi connectivity index (χ0) is 22.0. The molecule has 160 valence electrons. The van der Waals surface area contributed by atoms with Crippen molar-refractivity contribution < 1.29 is 27.8 Å². The van der Waals surface area contributed by atoms with Gasteiger partial charge in [0.05, 0.1) is 6.54 Å². The maximum Gasteiger partial charge on any atom is 0.305 e. The van der Waals surface area contributed by atoms with E-state index in [4.69, 9.17) is 9.47 Å². The van der Waals surface area contributed by atoms with E-state index in [1.165, 1.54) is 34.8 Å². The monoisotopic (exact) mass is 421 g/mol. The van der Waals surface area contributed by atoms with Gasteiger partial charge in [-0.1, -0.05) is 6.07 Å². The highest BCUT2D eigenvalue weighted by molar-refractivity contribution is 5.96. The average molecular weight is 421 g/mol. The number of amides is 1. The number of esters is 1. The van der Waals surface area contributed by atoms with E-state index < -0.39 is 35.7 Å². The van der Waals surface area contributed by atoms with E-state index in [-0.39, 0.29) is 30.7 Å². The van der Waals surface area contributed by atoms with Gasteiger partial charge in [0.15, 0.2) is 17.3 Å². The topological polar surface area (TPSA) is 81.1 Å². The van der Waals surface area contributed by atoms with Crippen LogP contribution < -0.4 is 15.2 Å². The molecule has 0 unspecified atom stereocenters. The van der Waals surface area contributed by atoms with Crippen LogP contribution >= 0.6 is 0 Å². The minimum Gasteiger partial charge on any atom is -0.451 e. The fourth-order valence-electron chi connectivity index (χ4n) is 3.07. The van der Waals surface area contributed by atoms with Gasteiger partial charge < -0.3 is 14.4 Å². The van der Waals surface area contributed by atoms with Gasteiger partial charge in [0.1, 0.15) is 6.67 Å². The Morgan fingerprint density at radius 1 is 1.17 bits per heavy atom. The zero-order valence-corrected chi connectivity index (χ0v) is 16.7. The number of carbonyl (C=O) groups excluding carboxylic acids is 2. The number of nitrogens with zero attached hydrogens (tertiary/aromatic N) is 3. The van der Waals surface area contributed by atoms with Crippen molar-refractivity contribution in [2.75, 3.05) is 18.5 Å². The zero-order valence-electron chi connectivity index (χ0n) is 16.7.